The predicted octanol–water partition coefficient (Wildman–Crippen LogP) is 4.60. The molecule has 2 rings (SSSR count). The van der Waals surface area contributed by atoms with E-state index in [9.17, 15) is 19.2 Å². The number of esters is 1. The number of anilines is 1. The molecule has 2 aromatic rings. The minimum absolute atomic E-state index is 0.0161. The highest BCUT2D eigenvalue weighted by Crippen LogP contribution is 2.15. The number of amides is 1. The first-order valence-corrected chi connectivity index (χ1v) is 10.7. The smallest absolute Gasteiger partial charge is 0.306 e. The summed E-state index contributed by atoms with van der Waals surface area (Å²) in [6, 6.07) is 13.3. The van der Waals surface area contributed by atoms with E-state index in [-0.39, 0.29) is 24.4 Å². The van der Waals surface area contributed by atoms with Crippen molar-refractivity contribution in [3.63, 3.8) is 0 Å². The van der Waals surface area contributed by atoms with E-state index in [4.69, 9.17) is 9.47 Å². The van der Waals surface area contributed by atoms with Crippen LogP contribution in [-0.4, -0.2) is 36.7 Å². The zero-order valence-electron chi connectivity index (χ0n) is 18.5. The molecule has 0 saturated carbocycles. The number of carbonyl (C=O) groups is 4. The van der Waals surface area contributed by atoms with E-state index in [0.29, 0.717) is 29.2 Å². The lowest BCUT2D eigenvalue weighted by Crippen LogP contribution is -2.21. The number of rotatable bonds is 13. The second kappa shape index (κ2) is 13.0. The number of Topliss-reactive ketones (excluding diaryl/α,β-unsaturated/α-hetero) is 2. The van der Waals surface area contributed by atoms with Crippen LogP contribution in [0.5, 0.6) is 5.75 Å². The van der Waals surface area contributed by atoms with Crippen molar-refractivity contribution in [2.45, 2.75) is 46.0 Å². The minimum Gasteiger partial charge on any atom is -0.494 e. The van der Waals surface area contributed by atoms with E-state index < -0.39 is 18.5 Å². The van der Waals surface area contributed by atoms with Gasteiger partial charge in [-0.1, -0.05) is 31.9 Å². The van der Waals surface area contributed by atoms with E-state index in [2.05, 4.69) is 12.2 Å². The van der Waals surface area contributed by atoms with Crippen molar-refractivity contribution in [2.24, 2.45) is 0 Å². The van der Waals surface area contributed by atoms with E-state index in [1.807, 2.05) is 0 Å². The van der Waals surface area contributed by atoms with Crippen LogP contribution in [0, 0.1) is 0 Å². The Balaban J connectivity index is 1.71. The van der Waals surface area contributed by atoms with Crippen molar-refractivity contribution >= 4 is 29.1 Å². The molecule has 7 heteroatoms. The number of hydrogen-bond acceptors (Lipinski definition) is 6. The molecule has 0 bridgehead atoms. The molecule has 0 radical (unpaired) electrons. The van der Waals surface area contributed by atoms with Crippen LogP contribution in [0.4, 0.5) is 5.69 Å². The lowest BCUT2D eigenvalue weighted by atomic mass is 10.1. The fourth-order valence-electron chi connectivity index (χ4n) is 2.87. The van der Waals surface area contributed by atoms with Crippen LogP contribution >= 0.6 is 0 Å². The Kier molecular flexibility index (Phi) is 10.1. The predicted molar refractivity (Wildman–Crippen MR) is 121 cm³/mol. The fourth-order valence-corrected chi connectivity index (χ4v) is 2.87. The first-order valence-electron chi connectivity index (χ1n) is 10.7. The fraction of sp³-hybridized carbons (Fsp3) is 0.360. The van der Waals surface area contributed by atoms with Crippen LogP contribution in [0.2, 0.25) is 0 Å². The Morgan fingerprint density at radius 2 is 1.66 bits per heavy atom. The van der Waals surface area contributed by atoms with Gasteiger partial charge >= 0.3 is 5.97 Å². The van der Waals surface area contributed by atoms with Crippen molar-refractivity contribution in [2.75, 3.05) is 18.5 Å². The number of ether oxygens (including phenoxy) is 2. The van der Waals surface area contributed by atoms with Gasteiger partial charge in [0.1, 0.15) is 5.75 Å². The summed E-state index contributed by atoms with van der Waals surface area (Å²) in [7, 11) is 0. The summed E-state index contributed by atoms with van der Waals surface area (Å²) in [5.41, 5.74) is 1.39. The number of carbonyl (C=O) groups excluding carboxylic acids is 4. The van der Waals surface area contributed by atoms with E-state index in [1.54, 1.807) is 48.5 Å². The molecule has 32 heavy (non-hydrogen) atoms. The summed E-state index contributed by atoms with van der Waals surface area (Å²) >= 11 is 0. The standard InChI is InChI=1S/C25H29NO6/c1-3-4-5-15-31-22-11-9-19(10-12-22)23(28)13-14-25(30)32-17-24(29)26-21-8-6-7-20(16-21)18(2)27/h6-12,16H,3-5,13-15,17H2,1-2H3,(H,26,29). The summed E-state index contributed by atoms with van der Waals surface area (Å²) in [5, 5.41) is 2.56. The number of nitrogens with one attached hydrogen (secondary N) is 1. The van der Waals surface area contributed by atoms with Gasteiger partial charge in [-0.05, 0) is 49.7 Å². The summed E-state index contributed by atoms with van der Waals surface area (Å²) in [4.78, 5) is 47.5. The molecule has 0 saturated heterocycles. The SMILES string of the molecule is CCCCCOc1ccc(C(=O)CCC(=O)OCC(=O)Nc2cccc(C(C)=O)c2)cc1. The molecule has 170 valence electrons. The average Bonchev–Trinajstić information content (AvgIpc) is 2.79. The van der Waals surface area contributed by atoms with Crippen LogP contribution in [0.25, 0.3) is 0 Å². The molecule has 0 heterocycles. The van der Waals surface area contributed by atoms with Gasteiger partial charge in [0, 0.05) is 23.2 Å². The number of benzene rings is 2. The molecule has 0 unspecified atom stereocenters. The second-order valence-electron chi connectivity index (χ2n) is 7.35. The van der Waals surface area contributed by atoms with E-state index >= 15 is 0 Å². The second-order valence-corrected chi connectivity index (χ2v) is 7.35. The maximum Gasteiger partial charge on any atom is 0.306 e. The zero-order chi connectivity index (χ0) is 23.3. The van der Waals surface area contributed by atoms with Crippen LogP contribution in [-0.2, 0) is 14.3 Å². The Morgan fingerprint density at radius 1 is 0.906 bits per heavy atom. The highest BCUT2D eigenvalue weighted by atomic mass is 16.5. The molecular weight excluding hydrogens is 410 g/mol. The third kappa shape index (κ3) is 8.71. The van der Waals surface area contributed by atoms with Gasteiger partial charge in [-0.15, -0.1) is 0 Å². The van der Waals surface area contributed by atoms with Gasteiger partial charge in [0.05, 0.1) is 13.0 Å². The van der Waals surface area contributed by atoms with Gasteiger partial charge in [-0.2, -0.15) is 0 Å². The third-order valence-electron chi connectivity index (χ3n) is 4.67. The van der Waals surface area contributed by atoms with Gasteiger partial charge in [0.2, 0.25) is 0 Å². The van der Waals surface area contributed by atoms with Crippen molar-refractivity contribution in [1.29, 1.82) is 0 Å². The molecule has 0 atom stereocenters. The first-order chi connectivity index (χ1) is 15.4. The zero-order valence-corrected chi connectivity index (χ0v) is 18.5. The van der Waals surface area contributed by atoms with Gasteiger partial charge < -0.3 is 14.8 Å². The number of ketones is 2. The van der Waals surface area contributed by atoms with Crippen LogP contribution < -0.4 is 10.1 Å². The molecule has 2 aromatic carbocycles. The van der Waals surface area contributed by atoms with Crippen LogP contribution in [0.3, 0.4) is 0 Å². The highest BCUT2D eigenvalue weighted by molar-refractivity contribution is 5.99. The lowest BCUT2D eigenvalue weighted by molar-refractivity contribution is -0.147. The maximum absolute atomic E-state index is 12.3. The quantitative estimate of drug-likeness (QED) is 0.278. The van der Waals surface area contributed by atoms with Gasteiger partial charge in [0.25, 0.3) is 5.91 Å². The Morgan fingerprint density at radius 3 is 2.34 bits per heavy atom. The Hall–Kier alpha value is -3.48. The average molecular weight is 440 g/mol. The van der Waals surface area contributed by atoms with Crippen LogP contribution in [0.15, 0.2) is 48.5 Å². The summed E-state index contributed by atoms with van der Waals surface area (Å²) < 4.78 is 10.5. The summed E-state index contributed by atoms with van der Waals surface area (Å²) in [6.45, 7) is 3.73. The van der Waals surface area contributed by atoms with Gasteiger partial charge in [-0.25, -0.2) is 0 Å². The molecule has 0 aliphatic rings. The number of hydrogen-bond donors (Lipinski definition) is 1. The molecule has 1 N–H and O–H groups in total. The topological polar surface area (TPSA) is 98.8 Å². The van der Waals surface area contributed by atoms with Crippen molar-refractivity contribution in [3.05, 3.63) is 59.7 Å². The van der Waals surface area contributed by atoms with Crippen molar-refractivity contribution < 1.29 is 28.7 Å². The normalized spacial score (nSPS) is 10.3. The molecular formula is C25H29NO6. The van der Waals surface area contributed by atoms with Gasteiger partial charge in [-0.3, -0.25) is 19.2 Å². The van der Waals surface area contributed by atoms with Crippen LogP contribution in [0.1, 0.15) is 66.7 Å². The molecule has 0 fully saturated rings. The van der Waals surface area contributed by atoms with Crippen molar-refractivity contribution in [3.8, 4) is 5.75 Å². The Labute approximate surface area is 188 Å². The molecule has 0 aliphatic heterocycles. The largest absolute Gasteiger partial charge is 0.494 e. The molecule has 0 aromatic heterocycles. The summed E-state index contributed by atoms with van der Waals surface area (Å²) in [5.74, 6) is -0.769. The summed E-state index contributed by atoms with van der Waals surface area (Å²) in [6.07, 6.45) is 3.08. The molecule has 7 nitrogen and oxygen atoms in total. The van der Waals surface area contributed by atoms with E-state index in [1.165, 1.54) is 6.92 Å². The van der Waals surface area contributed by atoms with Gasteiger partial charge in [0.15, 0.2) is 18.2 Å². The molecule has 1 amide bonds. The Bertz CT molecular complexity index is 936. The van der Waals surface area contributed by atoms with Crippen molar-refractivity contribution in [1.82, 2.24) is 0 Å². The monoisotopic (exact) mass is 439 g/mol. The van der Waals surface area contributed by atoms with E-state index in [0.717, 1.165) is 19.3 Å². The first kappa shape index (κ1) is 24.8. The third-order valence-corrected chi connectivity index (χ3v) is 4.67. The molecule has 0 spiro atoms. The lowest BCUT2D eigenvalue weighted by Gasteiger charge is -2.08. The molecule has 0 aliphatic carbocycles. The maximum atomic E-state index is 12.3. The highest BCUT2D eigenvalue weighted by Gasteiger charge is 2.13. The number of unbranched alkanes of at least 4 members (excludes halogenated alkanes) is 2. The minimum atomic E-state index is -0.637.